The first-order valence-corrected chi connectivity index (χ1v) is 7.52. The number of aliphatic hydroxyl groups excluding tert-OH is 1. The number of aliphatic hydroxyl groups is 1. The van der Waals surface area contributed by atoms with Crippen molar-refractivity contribution in [3.05, 3.63) is 64.1 Å². The average molecular weight is 339 g/mol. The summed E-state index contributed by atoms with van der Waals surface area (Å²) in [7, 11) is 0. The van der Waals surface area contributed by atoms with Gasteiger partial charge in [0.1, 0.15) is 0 Å². The SMILES string of the molecule is O=C(Nc1cccc(Cl)c1Cl)N(CCO)Cc1ccccc1. The summed E-state index contributed by atoms with van der Waals surface area (Å²) in [5.41, 5.74) is 1.42. The number of rotatable bonds is 5. The minimum absolute atomic E-state index is 0.121. The standard InChI is InChI=1S/C16H16Cl2N2O2/c17-13-7-4-8-14(15(13)18)19-16(22)20(9-10-21)11-12-5-2-1-3-6-12/h1-8,21H,9-11H2,(H,19,22). The second kappa shape index (κ2) is 8.03. The molecule has 0 heterocycles. The molecule has 0 atom stereocenters. The summed E-state index contributed by atoms with van der Waals surface area (Å²) < 4.78 is 0. The van der Waals surface area contributed by atoms with E-state index in [9.17, 15) is 4.79 Å². The van der Waals surface area contributed by atoms with Gasteiger partial charge >= 0.3 is 6.03 Å². The van der Waals surface area contributed by atoms with Crippen LogP contribution in [0.1, 0.15) is 5.56 Å². The van der Waals surface area contributed by atoms with E-state index in [1.807, 2.05) is 30.3 Å². The molecule has 22 heavy (non-hydrogen) atoms. The van der Waals surface area contributed by atoms with Gasteiger partial charge in [0.2, 0.25) is 0 Å². The van der Waals surface area contributed by atoms with Crippen LogP contribution in [0, 0.1) is 0 Å². The normalized spacial score (nSPS) is 10.3. The van der Waals surface area contributed by atoms with Gasteiger partial charge in [-0.25, -0.2) is 4.79 Å². The van der Waals surface area contributed by atoms with Crippen molar-refractivity contribution >= 4 is 34.9 Å². The molecule has 6 heteroatoms. The van der Waals surface area contributed by atoms with E-state index < -0.39 is 0 Å². The van der Waals surface area contributed by atoms with Crippen molar-refractivity contribution in [3.63, 3.8) is 0 Å². The highest BCUT2D eigenvalue weighted by Crippen LogP contribution is 2.29. The van der Waals surface area contributed by atoms with Crippen LogP contribution < -0.4 is 5.32 Å². The molecule has 0 spiro atoms. The highest BCUT2D eigenvalue weighted by Gasteiger charge is 2.15. The van der Waals surface area contributed by atoms with Gasteiger partial charge in [-0.1, -0.05) is 59.6 Å². The lowest BCUT2D eigenvalue weighted by Gasteiger charge is -2.22. The fraction of sp³-hybridized carbons (Fsp3) is 0.188. The maximum Gasteiger partial charge on any atom is 0.322 e. The van der Waals surface area contributed by atoms with Crippen molar-refractivity contribution in [2.24, 2.45) is 0 Å². The van der Waals surface area contributed by atoms with Crippen LogP contribution in [-0.2, 0) is 6.54 Å². The zero-order chi connectivity index (χ0) is 15.9. The van der Waals surface area contributed by atoms with Crippen LogP contribution in [0.25, 0.3) is 0 Å². The van der Waals surface area contributed by atoms with Crippen LogP contribution in [0.5, 0.6) is 0 Å². The Kier molecular flexibility index (Phi) is 6.07. The fourth-order valence-electron chi connectivity index (χ4n) is 1.97. The Morgan fingerprint density at radius 1 is 1.09 bits per heavy atom. The number of hydrogen-bond acceptors (Lipinski definition) is 2. The van der Waals surface area contributed by atoms with Crippen LogP contribution in [0.4, 0.5) is 10.5 Å². The summed E-state index contributed by atoms with van der Waals surface area (Å²) in [6.45, 7) is 0.494. The van der Waals surface area contributed by atoms with Gasteiger partial charge in [0, 0.05) is 13.1 Å². The molecule has 0 aromatic heterocycles. The van der Waals surface area contributed by atoms with Crippen LogP contribution in [-0.4, -0.2) is 29.2 Å². The van der Waals surface area contributed by atoms with Crippen molar-refractivity contribution in [3.8, 4) is 0 Å². The summed E-state index contributed by atoms with van der Waals surface area (Å²) in [5, 5.41) is 12.5. The van der Waals surface area contributed by atoms with Gasteiger partial charge < -0.3 is 15.3 Å². The molecule has 4 nitrogen and oxygen atoms in total. The average Bonchev–Trinajstić information content (AvgIpc) is 2.52. The topological polar surface area (TPSA) is 52.6 Å². The van der Waals surface area contributed by atoms with Crippen LogP contribution >= 0.6 is 23.2 Å². The molecular formula is C16H16Cl2N2O2. The number of benzene rings is 2. The second-order valence-corrected chi connectivity index (χ2v) is 5.45. The van der Waals surface area contributed by atoms with Gasteiger partial charge in [-0.3, -0.25) is 0 Å². The van der Waals surface area contributed by atoms with Crippen molar-refractivity contribution in [2.75, 3.05) is 18.5 Å². The lowest BCUT2D eigenvalue weighted by Crippen LogP contribution is -2.36. The predicted molar refractivity (Wildman–Crippen MR) is 89.4 cm³/mol. The first-order valence-electron chi connectivity index (χ1n) is 6.76. The third kappa shape index (κ3) is 4.37. The molecule has 0 fully saturated rings. The highest BCUT2D eigenvalue weighted by atomic mass is 35.5. The third-order valence-electron chi connectivity index (χ3n) is 3.07. The van der Waals surface area contributed by atoms with Gasteiger partial charge in [-0.15, -0.1) is 0 Å². The minimum Gasteiger partial charge on any atom is -0.395 e. The molecule has 0 saturated carbocycles. The molecule has 0 saturated heterocycles. The van der Waals surface area contributed by atoms with E-state index in [4.69, 9.17) is 28.3 Å². The number of urea groups is 1. The van der Waals surface area contributed by atoms with Crippen molar-refractivity contribution < 1.29 is 9.90 Å². The first kappa shape index (κ1) is 16.6. The Morgan fingerprint density at radius 2 is 1.82 bits per heavy atom. The van der Waals surface area contributed by atoms with E-state index in [0.29, 0.717) is 22.3 Å². The quantitative estimate of drug-likeness (QED) is 0.864. The molecule has 2 aromatic rings. The van der Waals surface area contributed by atoms with E-state index in [1.54, 1.807) is 18.2 Å². The van der Waals surface area contributed by atoms with Crippen LogP contribution in [0.2, 0.25) is 10.0 Å². The largest absolute Gasteiger partial charge is 0.395 e. The molecular weight excluding hydrogens is 323 g/mol. The third-order valence-corrected chi connectivity index (χ3v) is 3.89. The number of carbonyl (C=O) groups excluding carboxylic acids is 1. The van der Waals surface area contributed by atoms with E-state index in [-0.39, 0.29) is 19.2 Å². The molecule has 0 aliphatic rings. The first-order chi connectivity index (χ1) is 10.6. The molecule has 2 amide bonds. The van der Waals surface area contributed by atoms with Gasteiger partial charge in [0.25, 0.3) is 0 Å². The molecule has 0 radical (unpaired) electrons. The second-order valence-electron chi connectivity index (χ2n) is 4.66. The number of nitrogens with one attached hydrogen (secondary N) is 1. The van der Waals surface area contributed by atoms with Crippen LogP contribution in [0.3, 0.4) is 0 Å². The maximum absolute atomic E-state index is 12.4. The molecule has 2 N–H and O–H groups in total. The van der Waals surface area contributed by atoms with E-state index >= 15 is 0 Å². The number of anilines is 1. The van der Waals surface area contributed by atoms with Gasteiger partial charge in [0.15, 0.2) is 0 Å². The summed E-state index contributed by atoms with van der Waals surface area (Å²) in [6, 6.07) is 14.2. The van der Waals surface area contributed by atoms with Crippen molar-refractivity contribution in [2.45, 2.75) is 6.54 Å². The smallest absolute Gasteiger partial charge is 0.322 e. The molecule has 0 unspecified atom stereocenters. The number of carbonyl (C=O) groups is 1. The predicted octanol–water partition coefficient (Wildman–Crippen LogP) is 4.02. The highest BCUT2D eigenvalue weighted by molar-refractivity contribution is 6.43. The lowest BCUT2D eigenvalue weighted by atomic mass is 10.2. The Labute approximate surface area is 139 Å². The van der Waals surface area contributed by atoms with Crippen molar-refractivity contribution in [1.82, 2.24) is 4.90 Å². The zero-order valence-electron chi connectivity index (χ0n) is 11.8. The van der Waals surface area contributed by atoms with Gasteiger partial charge in [-0.2, -0.15) is 0 Å². The Balaban J connectivity index is 2.11. The molecule has 2 aromatic carbocycles. The maximum atomic E-state index is 12.4. The molecule has 116 valence electrons. The summed E-state index contributed by atoms with van der Waals surface area (Å²) in [4.78, 5) is 13.9. The van der Waals surface area contributed by atoms with E-state index in [2.05, 4.69) is 5.32 Å². The van der Waals surface area contributed by atoms with Crippen molar-refractivity contribution in [1.29, 1.82) is 0 Å². The molecule has 0 aliphatic carbocycles. The Morgan fingerprint density at radius 3 is 2.50 bits per heavy atom. The summed E-state index contributed by atoms with van der Waals surface area (Å²) in [5.74, 6) is 0. The lowest BCUT2D eigenvalue weighted by molar-refractivity contribution is 0.185. The van der Waals surface area contributed by atoms with Gasteiger partial charge in [-0.05, 0) is 17.7 Å². The Bertz CT molecular complexity index is 635. The number of halogens is 2. The molecule has 0 aliphatic heterocycles. The molecule has 0 bridgehead atoms. The summed E-state index contributed by atoms with van der Waals surface area (Å²) >= 11 is 12.0. The number of hydrogen-bond donors (Lipinski definition) is 2. The fourth-order valence-corrected chi connectivity index (χ4v) is 2.32. The Hall–Kier alpha value is -1.75. The van der Waals surface area contributed by atoms with E-state index in [0.717, 1.165) is 5.56 Å². The zero-order valence-corrected chi connectivity index (χ0v) is 13.3. The monoisotopic (exact) mass is 338 g/mol. The van der Waals surface area contributed by atoms with Crippen LogP contribution in [0.15, 0.2) is 48.5 Å². The summed E-state index contributed by atoms with van der Waals surface area (Å²) in [6.07, 6.45) is 0. The minimum atomic E-state index is -0.345. The van der Waals surface area contributed by atoms with E-state index in [1.165, 1.54) is 4.90 Å². The molecule has 2 rings (SSSR count). The van der Waals surface area contributed by atoms with Gasteiger partial charge in [0.05, 0.1) is 22.3 Å². The number of amides is 2. The number of nitrogens with zero attached hydrogens (tertiary/aromatic N) is 1.